The Balaban J connectivity index is 2.30. The maximum atomic E-state index is 5.97. The van der Waals surface area contributed by atoms with Crippen LogP contribution in [0.4, 0.5) is 0 Å². The molecule has 1 atom stereocenters. The van der Waals surface area contributed by atoms with E-state index in [9.17, 15) is 0 Å². The largest absolute Gasteiger partial charge is 0.497 e. The van der Waals surface area contributed by atoms with Crippen LogP contribution in [-0.2, 0) is 9.47 Å². The summed E-state index contributed by atoms with van der Waals surface area (Å²) in [6.45, 7) is 5.60. The minimum absolute atomic E-state index is 0.458. The molecule has 2 aliphatic carbocycles. The molecule has 0 bridgehead atoms. The highest BCUT2D eigenvalue weighted by molar-refractivity contribution is 5.39. The monoisotopic (exact) mass is 345 g/mol. The van der Waals surface area contributed by atoms with E-state index in [1.165, 1.54) is 55.2 Å². The quantitative estimate of drug-likeness (QED) is 0.449. The lowest BCUT2D eigenvalue weighted by atomic mass is 9.83. The van der Waals surface area contributed by atoms with Gasteiger partial charge in [0.05, 0.1) is 13.7 Å². The molecule has 0 saturated carbocycles. The van der Waals surface area contributed by atoms with Gasteiger partial charge in [-0.1, -0.05) is 31.4 Å². The zero-order valence-corrected chi connectivity index (χ0v) is 16.3. The Morgan fingerprint density at radius 3 is 2.76 bits per heavy atom. The Bertz CT molecular complexity index is 554. The van der Waals surface area contributed by atoms with Crippen molar-refractivity contribution in [3.05, 3.63) is 46.5 Å². The number of allylic oxidation sites excluding steroid dienone is 6. The normalized spacial score (nSPS) is 21.3. The Kier molecular flexibility index (Phi) is 8.33. The van der Waals surface area contributed by atoms with Gasteiger partial charge in [-0.25, -0.2) is 0 Å². The summed E-state index contributed by atoms with van der Waals surface area (Å²) in [4.78, 5) is 0. The van der Waals surface area contributed by atoms with E-state index < -0.39 is 0 Å². The van der Waals surface area contributed by atoms with Crippen molar-refractivity contribution >= 4 is 0 Å². The molecule has 0 aromatic carbocycles. The number of nitrogens with two attached hydrogens (primary N) is 1. The van der Waals surface area contributed by atoms with Crippen molar-refractivity contribution < 1.29 is 9.47 Å². The van der Waals surface area contributed by atoms with Gasteiger partial charge in [0.15, 0.2) is 0 Å². The standard InChI is InChI=1S/C22H35NO2/c1-4-5-6-9-18-14-20(25-12-11-23)16-21(22(15-18)24-3)19-10-7-8-17(2)13-19/h13-15,19H,4-12,16,23H2,1-3H3. The van der Waals surface area contributed by atoms with Gasteiger partial charge in [-0.2, -0.15) is 0 Å². The maximum Gasteiger partial charge on any atom is 0.119 e. The molecule has 0 radical (unpaired) electrons. The van der Waals surface area contributed by atoms with Crippen molar-refractivity contribution in [1.29, 1.82) is 0 Å². The summed E-state index contributed by atoms with van der Waals surface area (Å²) < 4.78 is 11.8. The lowest BCUT2D eigenvalue weighted by Gasteiger charge is -2.24. The number of rotatable bonds is 9. The molecule has 0 aromatic heterocycles. The lowest BCUT2D eigenvalue weighted by Crippen LogP contribution is -2.12. The van der Waals surface area contributed by atoms with Crippen LogP contribution in [0.2, 0.25) is 0 Å². The third-order valence-corrected chi connectivity index (χ3v) is 5.06. The Labute approximate surface area is 153 Å². The van der Waals surface area contributed by atoms with Crippen LogP contribution in [0.1, 0.15) is 65.2 Å². The first-order valence-corrected chi connectivity index (χ1v) is 9.86. The van der Waals surface area contributed by atoms with E-state index in [4.69, 9.17) is 15.2 Å². The molecule has 140 valence electrons. The molecule has 2 N–H and O–H groups in total. The average Bonchev–Trinajstić information content (AvgIpc) is 2.79. The van der Waals surface area contributed by atoms with Gasteiger partial charge in [0, 0.05) is 18.9 Å². The summed E-state index contributed by atoms with van der Waals surface area (Å²) in [6.07, 6.45) is 16.1. The predicted octanol–water partition coefficient (Wildman–Crippen LogP) is 5.40. The first-order valence-electron chi connectivity index (χ1n) is 9.86. The van der Waals surface area contributed by atoms with Crippen molar-refractivity contribution in [2.75, 3.05) is 20.3 Å². The number of ether oxygens (including phenoxy) is 2. The average molecular weight is 346 g/mol. The fourth-order valence-electron chi connectivity index (χ4n) is 3.73. The van der Waals surface area contributed by atoms with Crippen molar-refractivity contribution in [3.63, 3.8) is 0 Å². The molecule has 0 aromatic rings. The highest BCUT2D eigenvalue weighted by Gasteiger charge is 2.23. The molecule has 2 aliphatic rings. The van der Waals surface area contributed by atoms with Gasteiger partial charge in [-0.3, -0.25) is 0 Å². The zero-order valence-electron chi connectivity index (χ0n) is 16.3. The number of hydrogen-bond donors (Lipinski definition) is 1. The van der Waals surface area contributed by atoms with Crippen LogP contribution < -0.4 is 5.73 Å². The zero-order chi connectivity index (χ0) is 18.1. The van der Waals surface area contributed by atoms with Crippen molar-refractivity contribution in [2.24, 2.45) is 11.7 Å². The van der Waals surface area contributed by atoms with E-state index in [1.807, 2.05) is 0 Å². The van der Waals surface area contributed by atoms with Crippen LogP contribution in [0.5, 0.6) is 0 Å². The Morgan fingerprint density at radius 2 is 2.08 bits per heavy atom. The number of methoxy groups -OCH3 is 1. The van der Waals surface area contributed by atoms with Gasteiger partial charge >= 0.3 is 0 Å². The lowest BCUT2D eigenvalue weighted by molar-refractivity contribution is 0.211. The summed E-state index contributed by atoms with van der Waals surface area (Å²) in [5.41, 5.74) is 9.81. The highest BCUT2D eigenvalue weighted by atomic mass is 16.5. The molecule has 0 amide bonds. The predicted molar refractivity (Wildman–Crippen MR) is 105 cm³/mol. The van der Waals surface area contributed by atoms with Gasteiger partial charge < -0.3 is 15.2 Å². The second-order valence-electron chi connectivity index (χ2n) is 7.21. The van der Waals surface area contributed by atoms with E-state index in [1.54, 1.807) is 7.11 Å². The maximum absolute atomic E-state index is 5.97. The molecule has 0 spiro atoms. The van der Waals surface area contributed by atoms with Crippen LogP contribution in [0, 0.1) is 5.92 Å². The minimum Gasteiger partial charge on any atom is -0.497 e. The highest BCUT2D eigenvalue weighted by Crippen LogP contribution is 2.36. The molecular weight excluding hydrogens is 310 g/mol. The van der Waals surface area contributed by atoms with E-state index in [2.05, 4.69) is 32.1 Å². The first-order chi connectivity index (χ1) is 12.2. The molecule has 0 saturated heterocycles. The molecule has 3 nitrogen and oxygen atoms in total. The van der Waals surface area contributed by atoms with Crippen LogP contribution in [-0.4, -0.2) is 20.3 Å². The van der Waals surface area contributed by atoms with E-state index >= 15 is 0 Å². The fraction of sp³-hybridized carbons (Fsp3) is 0.636. The molecule has 2 rings (SSSR count). The fourth-order valence-corrected chi connectivity index (χ4v) is 3.73. The van der Waals surface area contributed by atoms with Gasteiger partial charge in [0.1, 0.15) is 11.5 Å². The van der Waals surface area contributed by atoms with E-state index in [-0.39, 0.29) is 0 Å². The number of unbranched alkanes of at least 4 members (excludes halogenated alkanes) is 2. The third-order valence-electron chi connectivity index (χ3n) is 5.06. The van der Waals surface area contributed by atoms with E-state index in [0.717, 1.165) is 24.4 Å². The van der Waals surface area contributed by atoms with Crippen molar-refractivity contribution in [2.45, 2.75) is 65.2 Å². The summed E-state index contributed by atoms with van der Waals surface area (Å²) in [7, 11) is 1.79. The summed E-state index contributed by atoms with van der Waals surface area (Å²) in [5, 5.41) is 0. The molecule has 1 unspecified atom stereocenters. The molecule has 0 fully saturated rings. The third kappa shape index (κ3) is 6.07. The second-order valence-corrected chi connectivity index (χ2v) is 7.21. The van der Waals surface area contributed by atoms with Gasteiger partial charge in [0.25, 0.3) is 0 Å². The van der Waals surface area contributed by atoms with Gasteiger partial charge in [-0.15, -0.1) is 0 Å². The van der Waals surface area contributed by atoms with Crippen LogP contribution in [0.15, 0.2) is 46.5 Å². The van der Waals surface area contributed by atoms with Crippen LogP contribution in [0.25, 0.3) is 0 Å². The summed E-state index contributed by atoms with van der Waals surface area (Å²) in [6, 6.07) is 0. The molecule has 3 heteroatoms. The Morgan fingerprint density at radius 1 is 1.24 bits per heavy atom. The first kappa shape index (κ1) is 19.8. The van der Waals surface area contributed by atoms with Crippen molar-refractivity contribution in [1.82, 2.24) is 0 Å². The minimum atomic E-state index is 0.458. The summed E-state index contributed by atoms with van der Waals surface area (Å²) in [5.74, 6) is 2.52. The van der Waals surface area contributed by atoms with Crippen LogP contribution >= 0.6 is 0 Å². The second kappa shape index (κ2) is 10.5. The molecule has 25 heavy (non-hydrogen) atoms. The smallest absolute Gasteiger partial charge is 0.119 e. The SMILES string of the molecule is CCCCCC1=CC(OC)=C(C2C=C(C)CCC2)CC(OCCN)=C1. The Hall–Kier alpha value is -1.48. The van der Waals surface area contributed by atoms with Crippen LogP contribution in [0.3, 0.4) is 0 Å². The van der Waals surface area contributed by atoms with Gasteiger partial charge in [-0.05, 0) is 62.3 Å². The topological polar surface area (TPSA) is 44.5 Å². The van der Waals surface area contributed by atoms with Gasteiger partial charge in [0.2, 0.25) is 0 Å². The molecule has 0 aliphatic heterocycles. The van der Waals surface area contributed by atoms with E-state index in [0.29, 0.717) is 19.1 Å². The number of hydrogen-bond acceptors (Lipinski definition) is 3. The summed E-state index contributed by atoms with van der Waals surface area (Å²) >= 11 is 0. The van der Waals surface area contributed by atoms with Crippen molar-refractivity contribution in [3.8, 4) is 0 Å². The molecule has 0 heterocycles. The molecular formula is C22H35NO2.